The Morgan fingerprint density at radius 3 is 2.80 bits per heavy atom. The minimum absolute atomic E-state index is 0.0489. The highest BCUT2D eigenvalue weighted by Crippen LogP contribution is 1.96. The zero-order chi connectivity index (χ0) is 11.3. The van der Waals surface area contributed by atoms with Crippen LogP contribution in [0.5, 0.6) is 0 Å². The van der Waals surface area contributed by atoms with Gasteiger partial charge in [0, 0.05) is 24.0 Å². The van der Waals surface area contributed by atoms with Crippen molar-refractivity contribution in [2.75, 3.05) is 6.54 Å². The number of carbonyl (C=O) groups excluding carboxylic acids is 1. The topological polar surface area (TPSA) is 68.0 Å². The van der Waals surface area contributed by atoms with E-state index >= 15 is 0 Å². The lowest BCUT2D eigenvalue weighted by Gasteiger charge is -2.18. The number of pyridine rings is 1. The van der Waals surface area contributed by atoms with Gasteiger partial charge in [0.25, 0.3) is 0 Å². The molecule has 1 aromatic heterocycles. The maximum absolute atomic E-state index is 11.5. The lowest BCUT2D eigenvalue weighted by Crippen LogP contribution is -2.45. The molecule has 0 saturated carbocycles. The Morgan fingerprint density at radius 2 is 2.27 bits per heavy atom. The summed E-state index contributed by atoms with van der Waals surface area (Å²) in [5.41, 5.74) is 6.14. The quantitative estimate of drug-likeness (QED) is 0.754. The molecule has 82 valence electrons. The average Bonchev–Trinajstić information content (AvgIpc) is 2.15. The van der Waals surface area contributed by atoms with E-state index in [0.717, 1.165) is 5.69 Å². The largest absolute Gasteiger partial charge is 0.354 e. The van der Waals surface area contributed by atoms with Crippen LogP contribution in [-0.2, 0) is 11.2 Å². The number of amides is 1. The average molecular weight is 207 g/mol. The Hall–Kier alpha value is -1.42. The molecule has 4 nitrogen and oxygen atoms in total. The Balaban J connectivity index is 2.38. The predicted octanol–water partition coefficient (Wildman–Crippen LogP) is 0.478. The van der Waals surface area contributed by atoms with Crippen LogP contribution in [-0.4, -0.2) is 23.0 Å². The molecule has 0 atom stereocenters. The monoisotopic (exact) mass is 207 g/mol. The van der Waals surface area contributed by atoms with Crippen LogP contribution < -0.4 is 11.1 Å². The van der Waals surface area contributed by atoms with Crippen molar-refractivity contribution in [3.63, 3.8) is 0 Å². The normalized spacial score (nSPS) is 11.1. The predicted molar refractivity (Wildman–Crippen MR) is 59.2 cm³/mol. The second-order valence-corrected chi connectivity index (χ2v) is 4.26. The smallest absolute Gasteiger partial charge is 0.226 e. The fraction of sp³-hybridized carbons (Fsp3) is 0.455. The second-order valence-electron chi connectivity index (χ2n) is 4.26. The van der Waals surface area contributed by atoms with E-state index in [1.165, 1.54) is 0 Å². The first kappa shape index (κ1) is 11.7. The Kier molecular flexibility index (Phi) is 3.80. The van der Waals surface area contributed by atoms with Crippen LogP contribution in [0.3, 0.4) is 0 Å². The molecule has 1 amide bonds. The maximum Gasteiger partial charge on any atom is 0.226 e. The minimum atomic E-state index is -0.375. The van der Waals surface area contributed by atoms with Gasteiger partial charge in [-0.1, -0.05) is 6.07 Å². The van der Waals surface area contributed by atoms with Crippen LogP contribution in [0.25, 0.3) is 0 Å². The SMILES string of the molecule is CC(C)(N)CNC(=O)Cc1ccccn1. The summed E-state index contributed by atoms with van der Waals surface area (Å²) >= 11 is 0. The molecule has 0 aliphatic rings. The molecule has 0 saturated heterocycles. The van der Waals surface area contributed by atoms with Gasteiger partial charge in [0.2, 0.25) is 5.91 Å². The second kappa shape index (κ2) is 4.89. The van der Waals surface area contributed by atoms with Gasteiger partial charge >= 0.3 is 0 Å². The molecule has 4 heteroatoms. The standard InChI is InChI=1S/C11H17N3O/c1-11(2,12)8-14-10(15)7-9-5-3-4-6-13-9/h3-6H,7-8,12H2,1-2H3,(H,14,15). The van der Waals surface area contributed by atoms with Crippen LogP contribution in [0, 0.1) is 0 Å². The van der Waals surface area contributed by atoms with Gasteiger partial charge in [0.05, 0.1) is 6.42 Å². The molecule has 0 bridgehead atoms. The minimum Gasteiger partial charge on any atom is -0.354 e. The first-order chi connectivity index (χ1) is 6.97. The number of nitrogens with two attached hydrogens (primary N) is 1. The van der Waals surface area contributed by atoms with E-state index in [1.54, 1.807) is 6.20 Å². The van der Waals surface area contributed by atoms with E-state index in [1.807, 2.05) is 32.0 Å². The molecule has 1 rings (SSSR count). The summed E-state index contributed by atoms with van der Waals surface area (Å²) < 4.78 is 0. The number of rotatable bonds is 4. The van der Waals surface area contributed by atoms with Gasteiger partial charge in [-0.05, 0) is 26.0 Å². The molecule has 0 radical (unpaired) electrons. The first-order valence-corrected chi connectivity index (χ1v) is 4.93. The highest BCUT2D eigenvalue weighted by molar-refractivity contribution is 5.78. The Morgan fingerprint density at radius 1 is 1.53 bits per heavy atom. The lowest BCUT2D eigenvalue weighted by molar-refractivity contribution is -0.120. The third-order valence-corrected chi connectivity index (χ3v) is 1.81. The molecule has 3 N–H and O–H groups in total. The van der Waals surface area contributed by atoms with Crippen molar-refractivity contribution in [1.82, 2.24) is 10.3 Å². The molecule has 0 aliphatic carbocycles. The van der Waals surface area contributed by atoms with Crippen LogP contribution in [0.15, 0.2) is 24.4 Å². The third kappa shape index (κ3) is 5.12. The third-order valence-electron chi connectivity index (χ3n) is 1.81. The first-order valence-electron chi connectivity index (χ1n) is 4.93. The molecule has 1 heterocycles. The van der Waals surface area contributed by atoms with Crippen molar-refractivity contribution in [3.8, 4) is 0 Å². The van der Waals surface area contributed by atoms with Crippen molar-refractivity contribution in [2.24, 2.45) is 5.73 Å². The molecule has 0 aliphatic heterocycles. The molecule has 1 aromatic rings. The fourth-order valence-electron chi connectivity index (χ4n) is 1.06. The number of hydrogen-bond donors (Lipinski definition) is 2. The van der Waals surface area contributed by atoms with Gasteiger partial charge in [-0.3, -0.25) is 9.78 Å². The van der Waals surface area contributed by atoms with E-state index in [-0.39, 0.29) is 11.4 Å². The molecular weight excluding hydrogens is 190 g/mol. The summed E-state index contributed by atoms with van der Waals surface area (Å²) in [7, 11) is 0. The van der Waals surface area contributed by atoms with Gasteiger partial charge < -0.3 is 11.1 Å². The summed E-state index contributed by atoms with van der Waals surface area (Å²) in [4.78, 5) is 15.5. The Bertz CT molecular complexity index is 316. The van der Waals surface area contributed by atoms with Crippen molar-refractivity contribution in [1.29, 1.82) is 0 Å². The molecule has 0 unspecified atom stereocenters. The van der Waals surface area contributed by atoms with E-state index < -0.39 is 0 Å². The molecule has 0 aromatic carbocycles. The fourth-order valence-corrected chi connectivity index (χ4v) is 1.06. The molecular formula is C11H17N3O. The lowest BCUT2D eigenvalue weighted by atomic mass is 10.1. The van der Waals surface area contributed by atoms with Crippen LogP contribution >= 0.6 is 0 Å². The van der Waals surface area contributed by atoms with Crippen LogP contribution in [0.1, 0.15) is 19.5 Å². The number of carbonyl (C=O) groups is 1. The zero-order valence-electron chi connectivity index (χ0n) is 9.16. The van der Waals surface area contributed by atoms with Gasteiger partial charge in [0.15, 0.2) is 0 Å². The zero-order valence-corrected chi connectivity index (χ0v) is 9.16. The Labute approximate surface area is 89.9 Å². The van der Waals surface area contributed by atoms with Gasteiger partial charge in [-0.2, -0.15) is 0 Å². The number of hydrogen-bond acceptors (Lipinski definition) is 3. The summed E-state index contributed by atoms with van der Waals surface area (Å²) in [6, 6.07) is 5.51. The van der Waals surface area contributed by atoms with E-state index in [0.29, 0.717) is 13.0 Å². The number of aromatic nitrogens is 1. The summed E-state index contributed by atoms with van der Waals surface area (Å²) in [5, 5.41) is 2.77. The summed E-state index contributed by atoms with van der Waals surface area (Å²) in [6.07, 6.45) is 1.98. The highest BCUT2D eigenvalue weighted by atomic mass is 16.1. The van der Waals surface area contributed by atoms with Crippen LogP contribution in [0.4, 0.5) is 0 Å². The van der Waals surface area contributed by atoms with Crippen molar-refractivity contribution < 1.29 is 4.79 Å². The molecule has 0 fully saturated rings. The number of nitrogens with one attached hydrogen (secondary N) is 1. The maximum atomic E-state index is 11.5. The summed E-state index contributed by atoms with van der Waals surface area (Å²) in [5.74, 6) is -0.0489. The van der Waals surface area contributed by atoms with Gasteiger partial charge in [-0.15, -0.1) is 0 Å². The van der Waals surface area contributed by atoms with Crippen LogP contribution in [0.2, 0.25) is 0 Å². The van der Waals surface area contributed by atoms with E-state index in [2.05, 4.69) is 10.3 Å². The highest BCUT2D eigenvalue weighted by Gasteiger charge is 2.12. The van der Waals surface area contributed by atoms with Gasteiger partial charge in [-0.25, -0.2) is 0 Å². The molecule has 0 spiro atoms. The van der Waals surface area contributed by atoms with Gasteiger partial charge in [0.1, 0.15) is 0 Å². The van der Waals surface area contributed by atoms with Crippen molar-refractivity contribution in [3.05, 3.63) is 30.1 Å². The van der Waals surface area contributed by atoms with Crippen molar-refractivity contribution >= 4 is 5.91 Å². The summed E-state index contributed by atoms with van der Waals surface area (Å²) in [6.45, 7) is 4.21. The molecule has 15 heavy (non-hydrogen) atoms. The van der Waals surface area contributed by atoms with E-state index in [9.17, 15) is 4.79 Å². The van der Waals surface area contributed by atoms with E-state index in [4.69, 9.17) is 5.73 Å². The van der Waals surface area contributed by atoms with Crippen molar-refractivity contribution in [2.45, 2.75) is 25.8 Å². The number of nitrogens with zero attached hydrogens (tertiary/aromatic N) is 1.